The molecule has 0 unspecified atom stereocenters. The Morgan fingerprint density at radius 3 is 2.84 bits per heavy atom. The van der Waals surface area contributed by atoms with E-state index in [-0.39, 0.29) is 6.03 Å². The SMILES string of the molecule is CC(C)(COCc1ccccc1)NC(=O)N[C@H]1CCN2CCC[C@H]2C1. The van der Waals surface area contributed by atoms with E-state index in [0.29, 0.717) is 25.3 Å². The second-order valence-corrected chi connectivity index (χ2v) is 8.01. The Morgan fingerprint density at radius 2 is 2.04 bits per heavy atom. The molecule has 0 saturated carbocycles. The average Bonchev–Trinajstić information content (AvgIpc) is 3.02. The Kier molecular flexibility index (Phi) is 5.97. The predicted molar refractivity (Wildman–Crippen MR) is 99.5 cm³/mol. The summed E-state index contributed by atoms with van der Waals surface area (Å²) in [6.07, 6.45) is 4.71. The smallest absolute Gasteiger partial charge is 0.315 e. The largest absolute Gasteiger partial charge is 0.374 e. The molecule has 0 aliphatic carbocycles. The third-order valence-corrected chi connectivity index (χ3v) is 5.18. The fourth-order valence-corrected chi connectivity index (χ4v) is 3.92. The Labute approximate surface area is 151 Å². The van der Waals surface area contributed by atoms with E-state index in [1.165, 1.54) is 19.4 Å². The van der Waals surface area contributed by atoms with Crippen LogP contribution in [0.5, 0.6) is 0 Å². The van der Waals surface area contributed by atoms with Crippen molar-refractivity contribution in [3.63, 3.8) is 0 Å². The van der Waals surface area contributed by atoms with E-state index in [4.69, 9.17) is 4.74 Å². The topological polar surface area (TPSA) is 53.6 Å². The van der Waals surface area contributed by atoms with Gasteiger partial charge in [-0.1, -0.05) is 30.3 Å². The molecule has 2 saturated heterocycles. The van der Waals surface area contributed by atoms with Gasteiger partial charge in [-0.25, -0.2) is 4.79 Å². The van der Waals surface area contributed by atoms with Crippen LogP contribution in [0.3, 0.4) is 0 Å². The molecule has 2 fully saturated rings. The molecule has 138 valence electrons. The maximum Gasteiger partial charge on any atom is 0.315 e. The van der Waals surface area contributed by atoms with Gasteiger partial charge in [-0.2, -0.15) is 0 Å². The molecule has 2 aliphatic rings. The van der Waals surface area contributed by atoms with Crippen LogP contribution < -0.4 is 10.6 Å². The van der Waals surface area contributed by atoms with Gasteiger partial charge in [0.05, 0.1) is 18.8 Å². The minimum absolute atomic E-state index is 0.0789. The van der Waals surface area contributed by atoms with Crippen LogP contribution in [0.1, 0.15) is 45.1 Å². The normalized spacial score (nSPS) is 23.9. The van der Waals surface area contributed by atoms with E-state index >= 15 is 0 Å². The lowest BCUT2D eigenvalue weighted by atomic mass is 9.98. The van der Waals surface area contributed by atoms with Gasteiger partial charge in [-0.05, 0) is 51.6 Å². The molecule has 2 atom stereocenters. The maximum absolute atomic E-state index is 12.4. The van der Waals surface area contributed by atoms with Crippen LogP contribution >= 0.6 is 0 Å². The lowest BCUT2D eigenvalue weighted by Crippen LogP contribution is -2.55. The zero-order valence-electron chi connectivity index (χ0n) is 15.5. The molecule has 25 heavy (non-hydrogen) atoms. The second kappa shape index (κ2) is 8.19. The van der Waals surface area contributed by atoms with Gasteiger partial charge in [0.1, 0.15) is 0 Å². The molecule has 0 aromatic heterocycles. The summed E-state index contributed by atoms with van der Waals surface area (Å²) in [6.45, 7) is 7.38. The minimum Gasteiger partial charge on any atom is -0.374 e. The van der Waals surface area contributed by atoms with Gasteiger partial charge in [0.25, 0.3) is 0 Å². The number of hydrogen-bond donors (Lipinski definition) is 2. The highest BCUT2D eigenvalue weighted by atomic mass is 16.5. The fourth-order valence-electron chi connectivity index (χ4n) is 3.92. The number of ether oxygens (including phenoxy) is 1. The molecule has 2 aliphatic heterocycles. The van der Waals surface area contributed by atoms with Crippen LogP contribution in [0, 0.1) is 0 Å². The molecule has 2 N–H and O–H groups in total. The molecule has 2 amide bonds. The summed E-state index contributed by atoms with van der Waals surface area (Å²) >= 11 is 0. The number of piperidine rings is 1. The minimum atomic E-state index is -0.396. The number of fused-ring (bicyclic) bond motifs is 1. The Morgan fingerprint density at radius 1 is 1.24 bits per heavy atom. The van der Waals surface area contributed by atoms with Crippen LogP contribution in [0.2, 0.25) is 0 Å². The van der Waals surface area contributed by atoms with Gasteiger partial charge >= 0.3 is 6.03 Å². The van der Waals surface area contributed by atoms with Crippen molar-refractivity contribution in [2.45, 2.75) is 63.8 Å². The highest BCUT2D eigenvalue weighted by Crippen LogP contribution is 2.26. The highest BCUT2D eigenvalue weighted by molar-refractivity contribution is 5.75. The van der Waals surface area contributed by atoms with Gasteiger partial charge in [0.2, 0.25) is 0 Å². The zero-order valence-corrected chi connectivity index (χ0v) is 15.5. The number of rotatable bonds is 6. The quantitative estimate of drug-likeness (QED) is 0.833. The molecule has 5 nitrogen and oxygen atoms in total. The first-order chi connectivity index (χ1) is 12.0. The molecule has 1 aromatic rings. The lowest BCUT2D eigenvalue weighted by molar-refractivity contribution is 0.0737. The van der Waals surface area contributed by atoms with E-state index in [1.54, 1.807) is 0 Å². The van der Waals surface area contributed by atoms with E-state index in [0.717, 1.165) is 24.9 Å². The van der Waals surface area contributed by atoms with Crippen LogP contribution in [-0.4, -0.2) is 48.3 Å². The van der Waals surface area contributed by atoms with E-state index in [1.807, 2.05) is 44.2 Å². The average molecular weight is 345 g/mol. The number of carbonyl (C=O) groups is 1. The van der Waals surface area contributed by atoms with Crippen LogP contribution in [0.15, 0.2) is 30.3 Å². The van der Waals surface area contributed by atoms with Crippen molar-refractivity contribution >= 4 is 6.03 Å². The fraction of sp³-hybridized carbons (Fsp3) is 0.650. The predicted octanol–water partition coefficient (Wildman–Crippen LogP) is 2.91. The Hall–Kier alpha value is -1.59. The van der Waals surface area contributed by atoms with Gasteiger partial charge < -0.3 is 20.3 Å². The summed E-state index contributed by atoms with van der Waals surface area (Å²) in [7, 11) is 0. The molecule has 2 heterocycles. The zero-order chi connectivity index (χ0) is 17.7. The van der Waals surface area contributed by atoms with Gasteiger partial charge in [-0.15, -0.1) is 0 Å². The molecule has 0 radical (unpaired) electrons. The summed E-state index contributed by atoms with van der Waals surface area (Å²) in [5.74, 6) is 0. The van der Waals surface area contributed by atoms with Crippen LogP contribution in [0.4, 0.5) is 4.79 Å². The van der Waals surface area contributed by atoms with Crippen molar-refractivity contribution in [1.82, 2.24) is 15.5 Å². The van der Waals surface area contributed by atoms with Crippen molar-refractivity contribution in [2.24, 2.45) is 0 Å². The highest BCUT2D eigenvalue weighted by Gasteiger charge is 2.32. The third-order valence-electron chi connectivity index (χ3n) is 5.18. The van der Waals surface area contributed by atoms with Crippen molar-refractivity contribution < 1.29 is 9.53 Å². The molecule has 1 aromatic carbocycles. The number of nitrogens with one attached hydrogen (secondary N) is 2. The van der Waals surface area contributed by atoms with Crippen LogP contribution in [0.25, 0.3) is 0 Å². The van der Waals surface area contributed by atoms with Crippen molar-refractivity contribution in [1.29, 1.82) is 0 Å². The van der Waals surface area contributed by atoms with Gasteiger partial charge in [0.15, 0.2) is 0 Å². The molecule has 0 spiro atoms. The summed E-state index contributed by atoms with van der Waals surface area (Å²) in [4.78, 5) is 14.9. The molecule has 3 rings (SSSR count). The second-order valence-electron chi connectivity index (χ2n) is 8.01. The number of hydrogen-bond acceptors (Lipinski definition) is 3. The monoisotopic (exact) mass is 345 g/mol. The molecular weight excluding hydrogens is 314 g/mol. The van der Waals surface area contributed by atoms with E-state index in [2.05, 4.69) is 15.5 Å². The number of benzene rings is 1. The van der Waals surface area contributed by atoms with E-state index in [9.17, 15) is 4.79 Å². The number of carbonyl (C=O) groups excluding carboxylic acids is 1. The summed E-state index contributed by atoms with van der Waals surface area (Å²) in [5, 5.41) is 6.22. The summed E-state index contributed by atoms with van der Waals surface area (Å²) in [5.41, 5.74) is 0.749. The Bertz CT molecular complexity index is 561. The number of urea groups is 1. The Balaban J connectivity index is 1.38. The van der Waals surface area contributed by atoms with Crippen molar-refractivity contribution in [3.05, 3.63) is 35.9 Å². The maximum atomic E-state index is 12.4. The molecular formula is C20H31N3O2. The lowest BCUT2D eigenvalue weighted by Gasteiger charge is -2.36. The first-order valence-electron chi connectivity index (χ1n) is 9.46. The standard InChI is InChI=1S/C20H31N3O2/c1-20(2,15-25-14-16-7-4-3-5-8-16)22-19(24)21-17-10-12-23-11-6-9-18(23)13-17/h3-5,7-8,17-18H,6,9-15H2,1-2H3,(H2,21,22,24)/t17-,18-/m0/s1. The number of amides is 2. The molecule has 5 heteroatoms. The van der Waals surface area contributed by atoms with Crippen molar-refractivity contribution in [2.75, 3.05) is 19.7 Å². The van der Waals surface area contributed by atoms with E-state index < -0.39 is 5.54 Å². The molecule has 0 bridgehead atoms. The third kappa shape index (κ3) is 5.44. The summed E-state index contributed by atoms with van der Waals surface area (Å²) in [6, 6.07) is 11.0. The first-order valence-corrected chi connectivity index (χ1v) is 9.46. The summed E-state index contributed by atoms with van der Waals surface area (Å²) < 4.78 is 5.78. The first kappa shape index (κ1) is 18.2. The van der Waals surface area contributed by atoms with Crippen molar-refractivity contribution in [3.8, 4) is 0 Å². The van der Waals surface area contributed by atoms with Crippen LogP contribution in [-0.2, 0) is 11.3 Å². The van der Waals surface area contributed by atoms with Gasteiger partial charge in [-0.3, -0.25) is 0 Å². The number of nitrogens with zero attached hydrogens (tertiary/aromatic N) is 1. The van der Waals surface area contributed by atoms with Gasteiger partial charge in [0, 0.05) is 18.6 Å².